The Morgan fingerprint density at radius 2 is 2.11 bits per heavy atom. The standard InChI is InChI=1S/C15H21NO3/c1-2-11-5-3-4-6-12(11)9-16-10-13-7-8-14(19-13)15(17)18/h3-6,13-14,16H,2,7-10H2,1H3,(H,17,18). The number of hydrogen-bond acceptors (Lipinski definition) is 3. The van der Waals surface area contributed by atoms with Crippen LogP contribution in [0.5, 0.6) is 0 Å². The maximum Gasteiger partial charge on any atom is 0.332 e. The second kappa shape index (κ2) is 6.68. The summed E-state index contributed by atoms with van der Waals surface area (Å²) in [5.41, 5.74) is 2.66. The van der Waals surface area contributed by atoms with Gasteiger partial charge in [-0.3, -0.25) is 0 Å². The van der Waals surface area contributed by atoms with Crippen molar-refractivity contribution in [1.29, 1.82) is 0 Å². The van der Waals surface area contributed by atoms with Crippen molar-refractivity contribution in [2.24, 2.45) is 0 Å². The fourth-order valence-electron chi connectivity index (χ4n) is 2.48. The van der Waals surface area contributed by atoms with Crippen molar-refractivity contribution in [2.45, 2.75) is 44.9 Å². The summed E-state index contributed by atoms with van der Waals surface area (Å²) in [7, 11) is 0. The van der Waals surface area contributed by atoms with Crippen molar-refractivity contribution in [3.63, 3.8) is 0 Å². The van der Waals surface area contributed by atoms with Gasteiger partial charge in [-0.1, -0.05) is 31.2 Å². The van der Waals surface area contributed by atoms with Crippen LogP contribution < -0.4 is 5.32 Å². The second-order valence-corrected chi connectivity index (χ2v) is 4.92. The number of carboxylic acid groups (broad SMARTS) is 1. The van der Waals surface area contributed by atoms with Crippen LogP contribution in [0.15, 0.2) is 24.3 Å². The molecule has 1 fully saturated rings. The number of nitrogens with one attached hydrogen (secondary N) is 1. The normalized spacial score (nSPS) is 22.6. The molecule has 0 saturated carbocycles. The third-order valence-corrected chi connectivity index (χ3v) is 3.57. The van der Waals surface area contributed by atoms with Crippen LogP contribution in [-0.2, 0) is 22.5 Å². The van der Waals surface area contributed by atoms with E-state index in [9.17, 15) is 4.79 Å². The van der Waals surface area contributed by atoms with Gasteiger partial charge in [0.15, 0.2) is 6.10 Å². The van der Waals surface area contributed by atoms with Crippen molar-refractivity contribution in [3.05, 3.63) is 35.4 Å². The van der Waals surface area contributed by atoms with Crippen molar-refractivity contribution in [2.75, 3.05) is 6.54 Å². The first-order chi connectivity index (χ1) is 9.20. The predicted molar refractivity (Wildman–Crippen MR) is 73.1 cm³/mol. The van der Waals surface area contributed by atoms with Crippen LogP contribution in [0.3, 0.4) is 0 Å². The first-order valence-corrected chi connectivity index (χ1v) is 6.86. The summed E-state index contributed by atoms with van der Waals surface area (Å²) in [6.45, 7) is 3.67. The zero-order valence-electron chi connectivity index (χ0n) is 11.3. The molecule has 0 amide bonds. The molecule has 0 aliphatic carbocycles. The fourth-order valence-corrected chi connectivity index (χ4v) is 2.48. The monoisotopic (exact) mass is 263 g/mol. The minimum atomic E-state index is -0.848. The number of aryl methyl sites for hydroxylation is 1. The van der Waals surface area contributed by atoms with Gasteiger partial charge in [0.2, 0.25) is 0 Å². The summed E-state index contributed by atoms with van der Waals surface area (Å²) in [4.78, 5) is 10.8. The number of hydrogen-bond donors (Lipinski definition) is 2. The summed E-state index contributed by atoms with van der Waals surface area (Å²) >= 11 is 0. The quantitative estimate of drug-likeness (QED) is 0.824. The molecular formula is C15H21NO3. The zero-order chi connectivity index (χ0) is 13.7. The molecule has 1 aromatic rings. The average molecular weight is 263 g/mol. The molecular weight excluding hydrogens is 242 g/mol. The number of ether oxygens (including phenoxy) is 1. The Bertz CT molecular complexity index is 433. The number of benzene rings is 1. The Labute approximate surface area is 113 Å². The lowest BCUT2D eigenvalue weighted by molar-refractivity contribution is -0.149. The number of aliphatic carboxylic acids is 1. The highest BCUT2D eigenvalue weighted by molar-refractivity contribution is 5.72. The molecule has 2 atom stereocenters. The van der Waals surface area contributed by atoms with Crippen LogP contribution >= 0.6 is 0 Å². The van der Waals surface area contributed by atoms with Crippen LogP contribution in [0.2, 0.25) is 0 Å². The molecule has 1 aliphatic rings. The van der Waals surface area contributed by atoms with Gasteiger partial charge in [0.1, 0.15) is 0 Å². The Balaban J connectivity index is 1.77. The van der Waals surface area contributed by atoms with Crippen LogP contribution in [0, 0.1) is 0 Å². The smallest absolute Gasteiger partial charge is 0.332 e. The molecule has 0 aromatic heterocycles. The van der Waals surface area contributed by atoms with Crippen LogP contribution in [0.25, 0.3) is 0 Å². The molecule has 19 heavy (non-hydrogen) atoms. The largest absolute Gasteiger partial charge is 0.479 e. The fraction of sp³-hybridized carbons (Fsp3) is 0.533. The zero-order valence-corrected chi connectivity index (χ0v) is 11.3. The number of rotatable bonds is 6. The first kappa shape index (κ1) is 14.0. The highest BCUT2D eigenvalue weighted by atomic mass is 16.5. The van der Waals surface area contributed by atoms with Gasteiger partial charge in [-0.2, -0.15) is 0 Å². The van der Waals surface area contributed by atoms with E-state index >= 15 is 0 Å². The van der Waals surface area contributed by atoms with Crippen molar-refractivity contribution >= 4 is 5.97 Å². The lowest BCUT2D eigenvalue weighted by atomic mass is 10.1. The van der Waals surface area contributed by atoms with E-state index in [-0.39, 0.29) is 6.10 Å². The van der Waals surface area contributed by atoms with Crippen molar-refractivity contribution in [3.8, 4) is 0 Å². The van der Waals surface area contributed by atoms with Gasteiger partial charge in [0, 0.05) is 13.1 Å². The van der Waals surface area contributed by atoms with Gasteiger partial charge in [0.05, 0.1) is 6.10 Å². The van der Waals surface area contributed by atoms with Crippen molar-refractivity contribution in [1.82, 2.24) is 5.32 Å². The van der Waals surface area contributed by atoms with E-state index in [1.165, 1.54) is 11.1 Å². The summed E-state index contributed by atoms with van der Waals surface area (Å²) in [5.74, 6) is -0.848. The average Bonchev–Trinajstić information content (AvgIpc) is 2.88. The van der Waals surface area contributed by atoms with E-state index in [0.29, 0.717) is 13.0 Å². The number of carboxylic acids is 1. The molecule has 0 bridgehead atoms. The molecule has 4 nitrogen and oxygen atoms in total. The summed E-state index contributed by atoms with van der Waals surface area (Å²) < 4.78 is 5.46. The van der Waals surface area contributed by atoms with E-state index in [1.807, 2.05) is 6.07 Å². The SMILES string of the molecule is CCc1ccccc1CNCC1CCC(C(=O)O)O1. The van der Waals surface area contributed by atoms with Crippen LogP contribution in [0.1, 0.15) is 30.9 Å². The molecule has 1 aromatic carbocycles. The molecule has 1 heterocycles. The minimum absolute atomic E-state index is 0.0230. The molecule has 2 rings (SSSR count). The molecule has 2 unspecified atom stereocenters. The van der Waals surface area contributed by atoms with Crippen LogP contribution in [-0.4, -0.2) is 29.8 Å². The number of carbonyl (C=O) groups is 1. The highest BCUT2D eigenvalue weighted by Gasteiger charge is 2.29. The maximum absolute atomic E-state index is 10.8. The highest BCUT2D eigenvalue weighted by Crippen LogP contribution is 2.19. The Kier molecular flexibility index (Phi) is 4.93. The van der Waals surface area contributed by atoms with E-state index in [2.05, 4.69) is 30.4 Å². The molecule has 1 saturated heterocycles. The Morgan fingerprint density at radius 1 is 1.37 bits per heavy atom. The third-order valence-electron chi connectivity index (χ3n) is 3.57. The summed E-state index contributed by atoms with van der Waals surface area (Å²) in [6, 6.07) is 8.37. The van der Waals surface area contributed by atoms with Gasteiger partial charge in [0.25, 0.3) is 0 Å². The van der Waals surface area contributed by atoms with E-state index in [4.69, 9.17) is 9.84 Å². The Morgan fingerprint density at radius 3 is 2.74 bits per heavy atom. The molecule has 2 N–H and O–H groups in total. The molecule has 1 aliphatic heterocycles. The van der Waals surface area contributed by atoms with E-state index in [0.717, 1.165) is 19.4 Å². The molecule has 0 spiro atoms. The molecule has 0 radical (unpaired) electrons. The van der Waals surface area contributed by atoms with Crippen molar-refractivity contribution < 1.29 is 14.6 Å². The Hall–Kier alpha value is -1.39. The van der Waals surface area contributed by atoms with Gasteiger partial charge in [-0.05, 0) is 30.4 Å². The van der Waals surface area contributed by atoms with Gasteiger partial charge in [-0.25, -0.2) is 4.79 Å². The van der Waals surface area contributed by atoms with Gasteiger partial charge < -0.3 is 15.2 Å². The molecule has 104 valence electrons. The predicted octanol–water partition coefficient (Wildman–Crippen LogP) is 1.97. The third kappa shape index (κ3) is 3.78. The topological polar surface area (TPSA) is 58.6 Å². The lowest BCUT2D eigenvalue weighted by Gasteiger charge is -2.13. The molecule has 4 heteroatoms. The summed E-state index contributed by atoms with van der Waals surface area (Å²) in [6.07, 6.45) is 1.87. The second-order valence-electron chi connectivity index (χ2n) is 4.92. The minimum Gasteiger partial charge on any atom is -0.479 e. The summed E-state index contributed by atoms with van der Waals surface area (Å²) in [5, 5.41) is 12.2. The first-order valence-electron chi connectivity index (χ1n) is 6.86. The van der Waals surface area contributed by atoms with E-state index < -0.39 is 12.1 Å². The van der Waals surface area contributed by atoms with Crippen LogP contribution in [0.4, 0.5) is 0 Å². The maximum atomic E-state index is 10.8. The lowest BCUT2D eigenvalue weighted by Crippen LogP contribution is -2.28. The van der Waals surface area contributed by atoms with Gasteiger partial charge >= 0.3 is 5.97 Å². The van der Waals surface area contributed by atoms with Gasteiger partial charge in [-0.15, -0.1) is 0 Å². The van der Waals surface area contributed by atoms with E-state index in [1.54, 1.807) is 0 Å².